The molecule has 4 rings (SSSR count). The minimum Gasteiger partial charge on any atom is -0.288 e. The van der Waals surface area contributed by atoms with E-state index in [1.807, 2.05) is 6.07 Å². The quantitative estimate of drug-likeness (QED) is 0.691. The number of benzene rings is 2. The molecule has 0 saturated carbocycles. The Hall–Kier alpha value is -2.18. The van der Waals surface area contributed by atoms with Gasteiger partial charge in [-0.25, -0.2) is 13.4 Å². The van der Waals surface area contributed by atoms with Gasteiger partial charge in [0.1, 0.15) is 5.82 Å². The highest BCUT2D eigenvalue weighted by Gasteiger charge is 2.32. The summed E-state index contributed by atoms with van der Waals surface area (Å²) in [4.78, 5) is 17.7. The minimum atomic E-state index is -3.13. The molecule has 7 heteroatoms. The van der Waals surface area contributed by atoms with Crippen molar-refractivity contribution in [2.75, 3.05) is 11.5 Å². The Kier molecular flexibility index (Phi) is 3.89. The van der Waals surface area contributed by atoms with Crippen molar-refractivity contribution < 1.29 is 8.42 Å². The van der Waals surface area contributed by atoms with E-state index in [0.29, 0.717) is 28.2 Å². The van der Waals surface area contributed by atoms with Gasteiger partial charge < -0.3 is 0 Å². The summed E-state index contributed by atoms with van der Waals surface area (Å²) in [7, 11) is -3.13. The van der Waals surface area contributed by atoms with Gasteiger partial charge in [-0.3, -0.25) is 9.36 Å². The van der Waals surface area contributed by atoms with Crippen LogP contribution in [0, 0.1) is 0 Å². The molecule has 0 N–H and O–H groups in total. The maximum absolute atomic E-state index is 13.1. The summed E-state index contributed by atoms with van der Waals surface area (Å²) in [6, 6.07) is 13.7. The molecular weight excluding hydrogens is 360 g/mol. The minimum absolute atomic E-state index is 0.0342. The summed E-state index contributed by atoms with van der Waals surface area (Å²) >= 11 is 5.96. The molecule has 0 aliphatic carbocycles. The van der Waals surface area contributed by atoms with E-state index >= 15 is 0 Å². The highest BCUT2D eigenvalue weighted by molar-refractivity contribution is 7.91. The van der Waals surface area contributed by atoms with Crippen molar-refractivity contribution in [1.29, 1.82) is 0 Å². The lowest BCUT2D eigenvalue weighted by Gasteiger charge is -2.18. The number of nitrogens with zero attached hydrogens (tertiary/aromatic N) is 2. The summed E-state index contributed by atoms with van der Waals surface area (Å²) in [5, 5.41) is 1.08. The zero-order valence-corrected chi connectivity index (χ0v) is 14.8. The number of hydrogen-bond donors (Lipinski definition) is 0. The van der Waals surface area contributed by atoms with Crippen LogP contribution in [0.2, 0.25) is 5.02 Å². The Bertz CT molecular complexity index is 1120. The predicted molar refractivity (Wildman–Crippen MR) is 98.8 cm³/mol. The average molecular weight is 375 g/mol. The van der Waals surface area contributed by atoms with Crippen molar-refractivity contribution in [2.45, 2.75) is 12.5 Å². The van der Waals surface area contributed by atoms with Crippen molar-refractivity contribution in [3.05, 3.63) is 63.9 Å². The maximum atomic E-state index is 13.1. The van der Waals surface area contributed by atoms with E-state index in [4.69, 9.17) is 11.6 Å². The number of halogens is 1. The van der Waals surface area contributed by atoms with Crippen LogP contribution in [-0.2, 0) is 9.84 Å². The fourth-order valence-electron chi connectivity index (χ4n) is 3.27. The lowest BCUT2D eigenvalue weighted by molar-refractivity contribution is 0.541. The largest absolute Gasteiger partial charge is 0.288 e. The van der Waals surface area contributed by atoms with E-state index in [1.165, 1.54) is 4.57 Å². The Labute approximate surface area is 149 Å². The van der Waals surface area contributed by atoms with Crippen molar-refractivity contribution in [3.63, 3.8) is 0 Å². The van der Waals surface area contributed by atoms with Crippen LogP contribution in [-0.4, -0.2) is 29.5 Å². The second kappa shape index (κ2) is 5.97. The molecule has 1 fully saturated rings. The smallest absolute Gasteiger partial charge is 0.261 e. The zero-order valence-electron chi connectivity index (χ0n) is 13.2. The summed E-state index contributed by atoms with van der Waals surface area (Å²) < 4.78 is 25.4. The van der Waals surface area contributed by atoms with Gasteiger partial charge in [0.25, 0.3) is 5.56 Å². The van der Waals surface area contributed by atoms with Crippen LogP contribution < -0.4 is 5.56 Å². The summed E-state index contributed by atoms with van der Waals surface area (Å²) in [5.74, 6) is 0.535. The molecule has 2 aromatic carbocycles. The summed E-state index contributed by atoms with van der Waals surface area (Å²) in [5.41, 5.74) is 1.11. The van der Waals surface area contributed by atoms with Gasteiger partial charge in [0, 0.05) is 10.6 Å². The number of fused-ring (bicyclic) bond motifs is 1. The van der Waals surface area contributed by atoms with E-state index in [2.05, 4.69) is 4.98 Å². The van der Waals surface area contributed by atoms with Crippen LogP contribution in [0.3, 0.4) is 0 Å². The SMILES string of the molecule is O=c1c2ccccc2nc(-c2ccc(Cl)cc2)n1[C@H]1CCS(=O)(=O)C1. The van der Waals surface area contributed by atoms with E-state index in [1.54, 1.807) is 42.5 Å². The normalized spacial score (nSPS) is 19.3. The molecule has 1 saturated heterocycles. The number of rotatable bonds is 2. The molecule has 0 bridgehead atoms. The molecule has 128 valence electrons. The highest BCUT2D eigenvalue weighted by Crippen LogP contribution is 2.29. The zero-order chi connectivity index (χ0) is 17.6. The molecule has 1 aromatic heterocycles. The number of aromatic nitrogens is 2. The lowest BCUT2D eigenvalue weighted by atomic mass is 10.1. The first-order valence-electron chi connectivity index (χ1n) is 7.92. The van der Waals surface area contributed by atoms with Crippen molar-refractivity contribution >= 4 is 32.3 Å². The van der Waals surface area contributed by atoms with Gasteiger partial charge in [-0.15, -0.1) is 0 Å². The van der Waals surface area contributed by atoms with E-state index in [9.17, 15) is 13.2 Å². The van der Waals surface area contributed by atoms with E-state index in [-0.39, 0.29) is 17.1 Å². The van der Waals surface area contributed by atoms with Gasteiger partial charge in [-0.2, -0.15) is 0 Å². The average Bonchev–Trinajstić information content (AvgIpc) is 2.95. The molecule has 1 atom stereocenters. The van der Waals surface area contributed by atoms with Crippen LogP contribution in [0.5, 0.6) is 0 Å². The van der Waals surface area contributed by atoms with Crippen LogP contribution in [0.15, 0.2) is 53.3 Å². The van der Waals surface area contributed by atoms with Crippen LogP contribution in [0.4, 0.5) is 0 Å². The fraction of sp³-hybridized carbons (Fsp3) is 0.222. The molecule has 0 amide bonds. The maximum Gasteiger partial charge on any atom is 0.261 e. The third-order valence-corrected chi connectivity index (χ3v) is 6.49. The standard InChI is InChI=1S/C18H15ClN2O3S/c19-13-7-5-12(6-8-13)17-20-16-4-2-1-3-15(16)18(22)21(17)14-9-10-25(23,24)11-14/h1-8,14H,9-11H2/t14-/m0/s1. The van der Waals surface area contributed by atoms with Gasteiger partial charge >= 0.3 is 0 Å². The number of para-hydroxylation sites is 1. The number of sulfone groups is 1. The first kappa shape index (κ1) is 16.3. The summed E-state index contributed by atoms with van der Waals surface area (Å²) in [6.07, 6.45) is 0.419. The lowest BCUT2D eigenvalue weighted by Crippen LogP contribution is -2.28. The Balaban J connectivity index is 2.01. The topological polar surface area (TPSA) is 69.0 Å². The van der Waals surface area contributed by atoms with Crippen molar-refractivity contribution in [3.8, 4) is 11.4 Å². The molecule has 25 heavy (non-hydrogen) atoms. The molecule has 0 spiro atoms. The van der Waals surface area contributed by atoms with E-state index in [0.717, 1.165) is 5.56 Å². The van der Waals surface area contributed by atoms with Crippen molar-refractivity contribution in [2.24, 2.45) is 0 Å². The van der Waals surface area contributed by atoms with Crippen LogP contribution in [0.25, 0.3) is 22.3 Å². The van der Waals surface area contributed by atoms with E-state index < -0.39 is 15.9 Å². The molecule has 1 aliphatic rings. The molecule has 0 radical (unpaired) electrons. The van der Waals surface area contributed by atoms with Crippen LogP contribution in [0.1, 0.15) is 12.5 Å². The molecule has 5 nitrogen and oxygen atoms in total. The highest BCUT2D eigenvalue weighted by atomic mass is 35.5. The van der Waals surface area contributed by atoms with Crippen LogP contribution >= 0.6 is 11.6 Å². The molecule has 3 aromatic rings. The predicted octanol–water partition coefficient (Wildman–Crippen LogP) is 3.08. The second-order valence-electron chi connectivity index (χ2n) is 6.19. The van der Waals surface area contributed by atoms with Gasteiger partial charge in [0.15, 0.2) is 9.84 Å². The van der Waals surface area contributed by atoms with Crippen molar-refractivity contribution in [1.82, 2.24) is 9.55 Å². The Morgan fingerprint density at radius 3 is 2.48 bits per heavy atom. The van der Waals surface area contributed by atoms with Gasteiger partial charge in [-0.1, -0.05) is 23.7 Å². The number of hydrogen-bond acceptors (Lipinski definition) is 4. The Morgan fingerprint density at radius 1 is 1.08 bits per heavy atom. The molecule has 1 aliphatic heterocycles. The fourth-order valence-corrected chi connectivity index (χ4v) is 5.09. The first-order chi connectivity index (χ1) is 11.9. The third kappa shape index (κ3) is 2.96. The van der Waals surface area contributed by atoms with Gasteiger partial charge in [0.05, 0.1) is 28.5 Å². The van der Waals surface area contributed by atoms with Gasteiger partial charge in [-0.05, 0) is 42.8 Å². The molecule has 2 heterocycles. The molecular formula is C18H15ClN2O3S. The summed E-state index contributed by atoms with van der Waals surface area (Å²) in [6.45, 7) is 0. The van der Waals surface area contributed by atoms with Gasteiger partial charge in [0.2, 0.25) is 0 Å². The third-order valence-electron chi connectivity index (χ3n) is 4.48. The first-order valence-corrected chi connectivity index (χ1v) is 10.1. The second-order valence-corrected chi connectivity index (χ2v) is 8.86. The molecule has 0 unspecified atom stereocenters. The monoisotopic (exact) mass is 374 g/mol. The Morgan fingerprint density at radius 2 is 1.80 bits per heavy atom.